The smallest absolute Gasteiger partial charge is 0.164 e. The molecule has 0 aliphatic heterocycles. The van der Waals surface area contributed by atoms with Gasteiger partial charge in [-0.05, 0) is 19.8 Å². The van der Waals surface area contributed by atoms with Crippen LogP contribution in [0.25, 0.3) is 0 Å². The highest BCUT2D eigenvalue weighted by Crippen LogP contribution is 2.13. The molecule has 1 unspecified atom stereocenters. The first-order chi connectivity index (χ1) is 6.52. The molecule has 0 heterocycles. The number of ketones is 1. The SMILES string of the molecule is CCC[C@H](OC(C)CC)C(=O)C(C)C. The summed E-state index contributed by atoms with van der Waals surface area (Å²) < 4.78 is 5.71. The molecule has 0 bridgehead atoms. The minimum atomic E-state index is -0.185. The van der Waals surface area contributed by atoms with Crippen LogP contribution in [0.15, 0.2) is 0 Å². The number of ether oxygens (including phenoxy) is 1. The van der Waals surface area contributed by atoms with Gasteiger partial charge in [-0.2, -0.15) is 0 Å². The van der Waals surface area contributed by atoms with Crippen LogP contribution in [0.1, 0.15) is 53.9 Å². The van der Waals surface area contributed by atoms with Crippen LogP contribution in [-0.2, 0) is 9.53 Å². The van der Waals surface area contributed by atoms with Gasteiger partial charge in [0.25, 0.3) is 0 Å². The van der Waals surface area contributed by atoms with Crippen molar-refractivity contribution >= 4 is 5.78 Å². The molecular formula is C12H24O2. The zero-order valence-electron chi connectivity index (χ0n) is 10.2. The Morgan fingerprint density at radius 3 is 2.14 bits per heavy atom. The van der Waals surface area contributed by atoms with Gasteiger partial charge in [0.1, 0.15) is 6.10 Å². The lowest BCUT2D eigenvalue weighted by Crippen LogP contribution is -2.31. The molecule has 0 aromatic heterocycles. The lowest BCUT2D eigenvalue weighted by molar-refractivity contribution is -0.137. The average Bonchev–Trinajstić information content (AvgIpc) is 2.15. The number of hydrogen-bond acceptors (Lipinski definition) is 2. The maximum Gasteiger partial charge on any atom is 0.164 e. The first-order valence-corrected chi connectivity index (χ1v) is 5.72. The Kier molecular flexibility index (Phi) is 6.81. The normalized spacial score (nSPS) is 15.6. The van der Waals surface area contributed by atoms with Crippen LogP contribution in [0.2, 0.25) is 0 Å². The molecule has 0 aliphatic rings. The summed E-state index contributed by atoms with van der Waals surface area (Å²) in [6, 6.07) is 0. The Bertz CT molecular complexity index is 164. The number of rotatable bonds is 7. The van der Waals surface area contributed by atoms with Gasteiger partial charge in [0.2, 0.25) is 0 Å². The molecule has 0 aromatic carbocycles. The lowest BCUT2D eigenvalue weighted by Gasteiger charge is -2.21. The molecule has 84 valence electrons. The monoisotopic (exact) mass is 200 g/mol. The lowest BCUT2D eigenvalue weighted by atomic mass is 10.0. The summed E-state index contributed by atoms with van der Waals surface area (Å²) in [6.07, 6.45) is 2.82. The van der Waals surface area contributed by atoms with E-state index in [4.69, 9.17) is 4.74 Å². The molecule has 0 saturated carbocycles. The first-order valence-electron chi connectivity index (χ1n) is 5.72. The van der Waals surface area contributed by atoms with E-state index in [0.717, 1.165) is 19.3 Å². The molecule has 0 fully saturated rings. The van der Waals surface area contributed by atoms with Crippen molar-refractivity contribution < 1.29 is 9.53 Å². The summed E-state index contributed by atoms with van der Waals surface area (Å²) in [4.78, 5) is 11.8. The van der Waals surface area contributed by atoms with Crippen molar-refractivity contribution in [1.29, 1.82) is 0 Å². The first kappa shape index (κ1) is 13.6. The van der Waals surface area contributed by atoms with Gasteiger partial charge >= 0.3 is 0 Å². The highest BCUT2D eigenvalue weighted by atomic mass is 16.5. The Balaban J connectivity index is 4.20. The summed E-state index contributed by atoms with van der Waals surface area (Å²) in [5.41, 5.74) is 0. The van der Waals surface area contributed by atoms with Gasteiger partial charge in [-0.25, -0.2) is 0 Å². The second kappa shape index (κ2) is 6.99. The van der Waals surface area contributed by atoms with Crippen LogP contribution in [0.5, 0.6) is 0 Å². The van der Waals surface area contributed by atoms with E-state index in [1.54, 1.807) is 0 Å². The van der Waals surface area contributed by atoms with Crippen LogP contribution >= 0.6 is 0 Å². The molecule has 2 heteroatoms. The van der Waals surface area contributed by atoms with Gasteiger partial charge in [-0.15, -0.1) is 0 Å². The topological polar surface area (TPSA) is 26.3 Å². The van der Waals surface area contributed by atoms with Crippen LogP contribution in [-0.4, -0.2) is 18.0 Å². The molecule has 0 radical (unpaired) electrons. The molecule has 0 spiro atoms. The van der Waals surface area contributed by atoms with Crippen LogP contribution in [0.3, 0.4) is 0 Å². The number of Topliss-reactive ketones (excluding diaryl/α,β-unsaturated/α-hetero) is 1. The van der Waals surface area contributed by atoms with Gasteiger partial charge in [0.15, 0.2) is 5.78 Å². The van der Waals surface area contributed by atoms with E-state index in [-0.39, 0.29) is 23.9 Å². The molecule has 0 N–H and O–H groups in total. The van der Waals surface area contributed by atoms with Crippen molar-refractivity contribution in [3.8, 4) is 0 Å². The zero-order valence-corrected chi connectivity index (χ0v) is 10.2. The maximum absolute atomic E-state index is 11.8. The van der Waals surface area contributed by atoms with Crippen molar-refractivity contribution in [2.45, 2.75) is 66.1 Å². The van der Waals surface area contributed by atoms with Gasteiger partial charge in [0, 0.05) is 5.92 Å². The summed E-state index contributed by atoms with van der Waals surface area (Å²) in [6.45, 7) is 10.1. The standard InChI is InChI=1S/C12H24O2/c1-6-8-11(12(13)9(3)4)14-10(5)7-2/h9-11H,6-8H2,1-5H3/t10?,11-/m0/s1. The Hall–Kier alpha value is -0.370. The van der Waals surface area contributed by atoms with Crippen molar-refractivity contribution in [2.24, 2.45) is 5.92 Å². The van der Waals surface area contributed by atoms with Crippen molar-refractivity contribution in [2.75, 3.05) is 0 Å². The Morgan fingerprint density at radius 1 is 1.21 bits per heavy atom. The molecule has 2 nitrogen and oxygen atoms in total. The van der Waals surface area contributed by atoms with Crippen LogP contribution < -0.4 is 0 Å². The van der Waals surface area contributed by atoms with E-state index in [9.17, 15) is 4.79 Å². The third-order valence-electron chi connectivity index (χ3n) is 2.41. The maximum atomic E-state index is 11.8. The predicted octanol–water partition coefficient (Wildman–Crippen LogP) is 3.20. The highest BCUT2D eigenvalue weighted by Gasteiger charge is 2.22. The van der Waals surface area contributed by atoms with Crippen LogP contribution in [0, 0.1) is 5.92 Å². The Morgan fingerprint density at radius 2 is 1.79 bits per heavy atom. The minimum Gasteiger partial charge on any atom is -0.368 e. The largest absolute Gasteiger partial charge is 0.368 e. The number of hydrogen-bond donors (Lipinski definition) is 0. The zero-order chi connectivity index (χ0) is 11.1. The van der Waals surface area contributed by atoms with Crippen molar-refractivity contribution in [3.05, 3.63) is 0 Å². The summed E-state index contributed by atoms with van der Waals surface area (Å²) in [5.74, 6) is 0.322. The predicted molar refractivity (Wildman–Crippen MR) is 59.4 cm³/mol. The molecule has 0 rings (SSSR count). The van der Waals surface area contributed by atoms with Crippen molar-refractivity contribution in [3.63, 3.8) is 0 Å². The third kappa shape index (κ3) is 4.75. The fourth-order valence-electron chi connectivity index (χ4n) is 1.29. The van der Waals surface area contributed by atoms with E-state index < -0.39 is 0 Å². The molecule has 0 amide bonds. The van der Waals surface area contributed by atoms with E-state index in [1.807, 2.05) is 20.8 Å². The highest BCUT2D eigenvalue weighted by molar-refractivity contribution is 5.84. The second-order valence-corrected chi connectivity index (χ2v) is 4.19. The third-order valence-corrected chi connectivity index (χ3v) is 2.41. The second-order valence-electron chi connectivity index (χ2n) is 4.19. The van der Waals surface area contributed by atoms with E-state index >= 15 is 0 Å². The van der Waals surface area contributed by atoms with Crippen LogP contribution in [0.4, 0.5) is 0 Å². The number of carbonyl (C=O) groups is 1. The fourth-order valence-corrected chi connectivity index (χ4v) is 1.29. The van der Waals surface area contributed by atoms with Gasteiger partial charge in [-0.1, -0.05) is 34.1 Å². The molecule has 14 heavy (non-hydrogen) atoms. The summed E-state index contributed by atoms with van der Waals surface area (Å²) >= 11 is 0. The van der Waals surface area contributed by atoms with Gasteiger partial charge < -0.3 is 4.74 Å². The van der Waals surface area contributed by atoms with E-state index in [1.165, 1.54) is 0 Å². The fraction of sp³-hybridized carbons (Fsp3) is 0.917. The molecule has 0 aromatic rings. The quantitative estimate of drug-likeness (QED) is 0.631. The van der Waals surface area contributed by atoms with Gasteiger partial charge in [-0.3, -0.25) is 4.79 Å². The Labute approximate surface area is 88.0 Å². The molecule has 2 atom stereocenters. The minimum absolute atomic E-state index is 0.0793. The molecule has 0 saturated heterocycles. The summed E-state index contributed by atoms with van der Waals surface area (Å²) in [5, 5.41) is 0. The van der Waals surface area contributed by atoms with Gasteiger partial charge in [0.05, 0.1) is 6.10 Å². The molecular weight excluding hydrogens is 176 g/mol. The summed E-state index contributed by atoms with van der Waals surface area (Å²) in [7, 11) is 0. The molecule has 0 aliphatic carbocycles. The average molecular weight is 200 g/mol. The van der Waals surface area contributed by atoms with E-state index in [2.05, 4.69) is 13.8 Å². The van der Waals surface area contributed by atoms with Crippen molar-refractivity contribution in [1.82, 2.24) is 0 Å². The number of carbonyl (C=O) groups excluding carboxylic acids is 1. The van der Waals surface area contributed by atoms with E-state index in [0.29, 0.717) is 0 Å².